The van der Waals surface area contributed by atoms with Crippen molar-refractivity contribution in [3.8, 4) is 5.75 Å². The molecule has 0 radical (unpaired) electrons. The molecule has 0 aliphatic carbocycles. The zero-order valence-electron chi connectivity index (χ0n) is 22.6. The lowest BCUT2D eigenvalue weighted by Crippen LogP contribution is -2.31. The molecule has 0 spiro atoms. The third-order valence-corrected chi connectivity index (χ3v) is 7.31. The van der Waals surface area contributed by atoms with Crippen molar-refractivity contribution in [2.45, 2.75) is 31.5 Å². The van der Waals surface area contributed by atoms with E-state index in [1.807, 2.05) is 11.0 Å². The Hall–Kier alpha value is -3.75. The van der Waals surface area contributed by atoms with Crippen LogP contribution in [0.1, 0.15) is 40.2 Å². The number of aldehydes is 1. The van der Waals surface area contributed by atoms with Gasteiger partial charge in [0.2, 0.25) is 0 Å². The van der Waals surface area contributed by atoms with E-state index in [4.69, 9.17) is 16.3 Å². The Morgan fingerprint density at radius 3 is 2.07 bits per heavy atom. The molecule has 0 N–H and O–H groups in total. The Morgan fingerprint density at radius 2 is 1.48 bits per heavy atom. The maximum Gasteiger partial charge on any atom is 0.417 e. The lowest BCUT2D eigenvalue weighted by Gasteiger charge is -2.29. The van der Waals surface area contributed by atoms with Crippen molar-refractivity contribution < 1.29 is 31.5 Å². The molecule has 0 unspecified atom stereocenters. The van der Waals surface area contributed by atoms with Crippen LogP contribution in [0, 0.1) is 11.6 Å². The normalized spacial score (nSPS) is 11.7. The predicted octanol–water partition coefficient (Wildman–Crippen LogP) is 8.48. The van der Waals surface area contributed by atoms with E-state index in [0.717, 1.165) is 29.0 Å². The number of rotatable bonds is 13. The maximum absolute atomic E-state index is 13.7. The first kappa shape index (κ1) is 31.2. The van der Waals surface area contributed by atoms with Crippen LogP contribution in [0.5, 0.6) is 5.75 Å². The molecule has 220 valence electrons. The van der Waals surface area contributed by atoms with Gasteiger partial charge in [0, 0.05) is 32.0 Å². The first-order chi connectivity index (χ1) is 20.1. The topological polar surface area (TPSA) is 29.5 Å². The number of carbonyl (C=O) groups excluding carboxylic acids is 1. The van der Waals surface area contributed by atoms with Gasteiger partial charge < -0.3 is 9.53 Å². The van der Waals surface area contributed by atoms with E-state index in [9.17, 15) is 26.7 Å². The van der Waals surface area contributed by atoms with E-state index >= 15 is 0 Å². The highest BCUT2D eigenvalue weighted by atomic mass is 35.5. The number of ether oxygens (including phenoxy) is 1. The second kappa shape index (κ2) is 14.4. The minimum atomic E-state index is -4.60. The number of nitrogens with zero attached hydrogens (tertiary/aromatic N) is 1. The molecule has 0 aliphatic rings. The maximum atomic E-state index is 13.7. The summed E-state index contributed by atoms with van der Waals surface area (Å²) in [5.41, 5.74) is 1.77. The second-order valence-corrected chi connectivity index (χ2v) is 10.3. The lowest BCUT2D eigenvalue weighted by atomic mass is 9.90. The molecule has 0 bridgehead atoms. The summed E-state index contributed by atoms with van der Waals surface area (Å²) in [6.45, 7) is 1.18. The van der Waals surface area contributed by atoms with Crippen LogP contribution >= 0.6 is 11.6 Å². The summed E-state index contributed by atoms with van der Waals surface area (Å²) < 4.78 is 74.1. The third-order valence-electron chi connectivity index (χ3n) is 6.87. The van der Waals surface area contributed by atoms with Gasteiger partial charge in [0.25, 0.3) is 0 Å². The lowest BCUT2D eigenvalue weighted by molar-refractivity contribution is -0.137. The molecule has 9 heteroatoms. The van der Waals surface area contributed by atoms with Crippen molar-refractivity contribution in [1.29, 1.82) is 0 Å². The van der Waals surface area contributed by atoms with Crippen LogP contribution in [0.2, 0.25) is 5.02 Å². The number of alkyl halides is 3. The smallest absolute Gasteiger partial charge is 0.417 e. The number of hydrogen-bond acceptors (Lipinski definition) is 3. The van der Waals surface area contributed by atoms with Crippen molar-refractivity contribution >= 4 is 17.9 Å². The number of carbonyl (C=O) groups is 1. The first-order valence-corrected chi connectivity index (χ1v) is 13.7. The molecule has 0 aromatic heterocycles. The zero-order chi connectivity index (χ0) is 30.1. The average Bonchev–Trinajstić information content (AvgIpc) is 2.96. The third kappa shape index (κ3) is 8.63. The largest absolute Gasteiger partial charge is 0.494 e. The molecule has 42 heavy (non-hydrogen) atoms. The van der Waals surface area contributed by atoms with E-state index in [2.05, 4.69) is 0 Å². The highest BCUT2D eigenvalue weighted by Crippen LogP contribution is 2.37. The fraction of sp³-hybridized carbons (Fsp3) is 0.242. The van der Waals surface area contributed by atoms with Crippen LogP contribution < -0.4 is 4.74 Å². The molecular formula is C33H29ClF5NO2. The van der Waals surface area contributed by atoms with Gasteiger partial charge >= 0.3 is 6.18 Å². The predicted molar refractivity (Wildman–Crippen MR) is 153 cm³/mol. The Kier molecular flexibility index (Phi) is 10.7. The summed E-state index contributed by atoms with van der Waals surface area (Å²) in [7, 11) is 0. The fourth-order valence-electron chi connectivity index (χ4n) is 4.78. The van der Waals surface area contributed by atoms with Crippen LogP contribution in [-0.4, -0.2) is 30.9 Å². The number of benzene rings is 4. The SMILES string of the molecule is O=CCc1cccc(OCCCN(Cc2cccc(C(F)(F)F)c2Cl)CC(c2ccc(F)cc2)c2ccc(F)cc2)c1. The van der Waals surface area contributed by atoms with Gasteiger partial charge in [-0.05, 0) is 71.1 Å². The minimum absolute atomic E-state index is 0.108. The molecule has 0 aliphatic heterocycles. The summed E-state index contributed by atoms with van der Waals surface area (Å²) in [5.74, 6) is -0.536. The number of hydrogen-bond donors (Lipinski definition) is 0. The van der Waals surface area contributed by atoms with E-state index in [0.29, 0.717) is 37.4 Å². The summed E-state index contributed by atoms with van der Waals surface area (Å²) in [5, 5.41) is -0.363. The molecule has 0 saturated heterocycles. The highest BCUT2D eigenvalue weighted by molar-refractivity contribution is 6.32. The molecular weight excluding hydrogens is 573 g/mol. The standard InChI is InChI=1S/C33H29ClF5NO2/c34-32-26(5-2-7-31(32)33(37,38)39)21-40(17-3-19-42-29-6-1-4-23(20-29)16-18-41)22-30(24-8-12-27(35)13-9-24)25-10-14-28(36)15-11-25/h1-2,4-15,18,20,30H,3,16-17,19,21-22H2. The molecule has 0 heterocycles. The Morgan fingerprint density at radius 1 is 0.857 bits per heavy atom. The van der Waals surface area contributed by atoms with E-state index in [-0.39, 0.29) is 23.9 Å². The van der Waals surface area contributed by atoms with Gasteiger partial charge in [0.1, 0.15) is 23.7 Å². The van der Waals surface area contributed by atoms with Crippen molar-refractivity contribution in [2.24, 2.45) is 0 Å². The molecule has 3 nitrogen and oxygen atoms in total. The van der Waals surface area contributed by atoms with Crippen LogP contribution in [0.25, 0.3) is 0 Å². The van der Waals surface area contributed by atoms with Gasteiger partial charge in [-0.2, -0.15) is 13.2 Å². The highest BCUT2D eigenvalue weighted by Gasteiger charge is 2.34. The summed E-state index contributed by atoms with van der Waals surface area (Å²) in [6.07, 6.45) is -2.99. The van der Waals surface area contributed by atoms with E-state index < -0.39 is 23.4 Å². The summed E-state index contributed by atoms with van der Waals surface area (Å²) >= 11 is 6.25. The fourth-order valence-corrected chi connectivity index (χ4v) is 5.08. The Bertz CT molecular complexity index is 1410. The van der Waals surface area contributed by atoms with E-state index in [1.165, 1.54) is 30.3 Å². The van der Waals surface area contributed by atoms with Crippen LogP contribution in [0.15, 0.2) is 91.0 Å². The van der Waals surface area contributed by atoms with Crippen LogP contribution in [0.3, 0.4) is 0 Å². The van der Waals surface area contributed by atoms with Gasteiger partial charge in [-0.3, -0.25) is 4.90 Å². The van der Waals surface area contributed by atoms with Crippen molar-refractivity contribution in [3.63, 3.8) is 0 Å². The first-order valence-electron chi connectivity index (χ1n) is 13.4. The van der Waals surface area contributed by atoms with Gasteiger partial charge in [-0.15, -0.1) is 0 Å². The average molecular weight is 602 g/mol. The molecule has 0 fully saturated rings. The van der Waals surface area contributed by atoms with Gasteiger partial charge in [-0.25, -0.2) is 8.78 Å². The molecule has 0 saturated carbocycles. The summed E-state index contributed by atoms with van der Waals surface area (Å²) in [6, 6.07) is 23.0. The Balaban J connectivity index is 1.58. The zero-order valence-corrected chi connectivity index (χ0v) is 23.3. The monoisotopic (exact) mass is 601 g/mol. The van der Waals surface area contributed by atoms with Crippen LogP contribution in [0.4, 0.5) is 22.0 Å². The quantitative estimate of drug-likeness (QED) is 0.0874. The molecule has 4 rings (SSSR count). The molecule has 4 aromatic rings. The molecule has 0 amide bonds. The summed E-state index contributed by atoms with van der Waals surface area (Å²) in [4.78, 5) is 12.8. The number of halogens is 6. The molecule has 4 aromatic carbocycles. The van der Waals surface area contributed by atoms with Crippen LogP contribution in [-0.2, 0) is 23.9 Å². The van der Waals surface area contributed by atoms with Gasteiger partial charge in [0.05, 0.1) is 17.2 Å². The Labute approximate surface area is 246 Å². The van der Waals surface area contributed by atoms with Gasteiger partial charge in [0.15, 0.2) is 0 Å². The second-order valence-electron chi connectivity index (χ2n) is 9.89. The minimum Gasteiger partial charge on any atom is -0.494 e. The van der Waals surface area contributed by atoms with Crippen molar-refractivity contribution in [2.75, 3.05) is 19.7 Å². The molecule has 0 atom stereocenters. The van der Waals surface area contributed by atoms with Gasteiger partial charge in [-0.1, -0.05) is 60.1 Å². The van der Waals surface area contributed by atoms with Crippen molar-refractivity contribution in [1.82, 2.24) is 4.90 Å². The van der Waals surface area contributed by atoms with Crippen molar-refractivity contribution in [3.05, 3.63) is 135 Å². The van der Waals surface area contributed by atoms with E-state index in [1.54, 1.807) is 48.5 Å².